The Bertz CT molecular complexity index is 404. The minimum atomic E-state index is -0.507. The molecule has 0 saturated carbocycles. The van der Waals surface area contributed by atoms with Crippen LogP contribution in [0.15, 0.2) is 30.9 Å². The van der Waals surface area contributed by atoms with E-state index < -0.39 is 6.10 Å². The van der Waals surface area contributed by atoms with Crippen molar-refractivity contribution in [1.29, 1.82) is 0 Å². The van der Waals surface area contributed by atoms with Gasteiger partial charge < -0.3 is 15.2 Å². The molecule has 1 rings (SSSR count). The van der Waals surface area contributed by atoms with Gasteiger partial charge in [0.1, 0.15) is 18.5 Å². The van der Waals surface area contributed by atoms with Crippen molar-refractivity contribution in [3.05, 3.63) is 42.0 Å². The molecule has 1 aromatic carbocycles. The highest BCUT2D eigenvalue weighted by molar-refractivity contribution is 5.35. The standard InChI is InChI=1S/C16H25NO2/c1-5-6-14(4)17-10-15(18)11-19-16-9-12(2)7-8-13(16)3/h5,7-9,14-15,17-18H,1,6,10-11H2,2-4H3. The van der Waals surface area contributed by atoms with E-state index in [0.717, 1.165) is 23.3 Å². The van der Waals surface area contributed by atoms with E-state index >= 15 is 0 Å². The van der Waals surface area contributed by atoms with Crippen molar-refractivity contribution in [2.75, 3.05) is 13.2 Å². The van der Waals surface area contributed by atoms with Gasteiger partial charge in [0.15, 0.2) is 0 Å². The number of hydrogen-bond donors (Lipinski definition) is 2. The number of ether oxygens (including phenoxy) is 1. The molecular weight excluding hydrogens is 238 g/mol. The second-order valence-corrected chi connectivity index (χ2v) is 5.07. The third-order valence-corrected chi connectivity index (χ3v) is 3.00. The fourth-order valence-corrected chi connectivity index (χ4v) is 1.78. The molecule has 0 aliphatic heterocycles. The van der Waals surface area contributed by atoms with Crippen LogP contribution in [0.5, 0.6) is 5.75 Å². The molecule has 0 heterocycles. The Balaban J connectivity index is 2.35. The zero-order chi connectivity index (χ0) is 14.3. The van der Waals surface area contributed by atoms with Crippen molar-refractivity contribution in [3.8, 4) is 5.75 Å². The van der Waals surface area contributed by atoms with E-state index in [2.05, 4.69) is 24.9 Å². The summed E-state index contributed by atoms with van der Waals surface area (Å²) in [5.41, 5.74) is 2.25. The largest absolute Gasteiger partial charge is 0.491 e. The van der Waals surface area contributed by atoms with Gasteiger partial charge in [0.2, 0.25) is 0 Å². The minimum Gasteiger partial charge on any atom is -0.491 e. The van der Waals surface area contributed by atoms with Crippen LogP contribution in [0.2, 0.25) is 0 Å². The van der Waals surface area contributed by atoms with Crippen molar-refractivity contribution < 1.29 is 9.84 Å². The predicted octanol–water partition coefficient (Wildman–Crippen LogP) is 2.60. The Morgan fingerprint density at radius 1 is 1.42 bits per heavy atom. The first kappa shape index (κ1) is 15.7. The molecule has 0 aliphatic rings. The predicted molar refractivity (Wildman–Crippen MR) is 79.7 cm³/mol. The summed E-state index contributed by atoms with van der Waals surface area (Å²) in [6.07, 6.45) is 2.26. The van der Waals surface area contributed by atoms with Crippen molar-refractivity contribution >= 4 is 0 Å². The number of aryl methyl sites for hydroxylation is 2. The van der Waals surface area contributed by atoms with Gasteiger partial charge in [-0.15, -0.1) is 6.58 Å². The van der Waals surface area contributed by atoms with Crippen LogP contribution in [0, 0.1) is 13.8 Å². The van der Waals surface area contributed by atoms with Crippen molar-refractivity contribution in [2.24, 2.45) is 0 Å². The van der Waals surface area contributed by atoms with Crippen LogP contribution in [0.3, 0.4) is 0 Å². The van der Waals surface area contributed by atoms with Crippen LogP contribution >= 0.6 is 0 Å². The van der Waals surface area contributed by atoms with E-state index in [1.54, 1.807) is 0 Å². The molecular formula is C16H25NO2. The van der Waals surface area contributed by atoms with E-state index in [4.69, 9.17) is 4.74 Å². The average Bonchev–Trinajstić information content (AvgIpc) is 2.38. The molecule has 3 nitrogen and oxygen atoms in total. The number of rotatable bonds is 8. The SMILES string of the molecule is C=CCC(C)NCC(O)COc1cc(C)ccc1C. The van der Waals surface area contributed by atoms with Crippen LogP contribution in [0.4, 0.5) is 0 Å². The summed E-state index contributed by atoms with van der Waals surface area (Å²) in [5, 5.41) is 13.1. The van der Waals surface area contributed by atoms with Crippen molar-refractivity contribution in [1.82, 2.24) is 5.32 Å². The second kappa shape index (κ2) is 7.97. The number of aliphatic hydroxyl groups excluding tert-OH is 1. The lowest BCUT2D eigenvalue weighted by Crippen LogP contribution is -2.36. The van der Waals surface area contributed by atoms with Crippen LogP contribution in [-0.4, -0.2) is 30.4 Å². The Labute approximate surface area is 116 Å². The van der Waals surface area contributed by atoms with Crippen molar-refractivity contribution in [3.63, 3.8) is 0 Å². The molecule has 1 aromatic rings. The quantitative estimate of drug-likeness (QED) is 0.708. The Hall–Kier alpha value is -1.32. The highest BCUT2D eigenvalue weighted by Gasteiger charge is 2.08. The third-order valence-electron chi connectivity index (χ3n) is 3.00. The van der Waals surface area contributed by atoms with Gasteiger partial charge in [-0.1, -0.05) is 18.2 Å². The minimum absolute atomic E-state index is 0.304. The normalized spacial score (nSPS) is 13.9. The van der Waals surface area contributed by atoms with E-state index in [9.17, 15) is 5.11 Å². The topological polar surface area (TPSA) is 41.5 Å². The molecule has 2 unspecified atom stereocenters. The number of benzene rings is 1. The maximum Gasteiger partial charge on any atom is 0.122 e. The summed E-state index contributed by atoms with van der Waals surface area (Å²) >= 11 is 0. The molecule has 0 saturated heterocycles. The van der Waals surface area contributed by atoms with Crippen LogP contribution in [0.25, 0.3) is 0 Å². The monoisotopic (exact) mass is 263 g/mol. The molecule has 0 aromatic heterocycles. The zero-order valence-electron chi connectivity index (χ0n) is 12.1. The Morgan fingerprint density at radius 2 is 2.16 bits per heavy atom. The maximum absolute atomic E-state index is 9.87. The Morgan fingerprint density at radius 3 is 2.84 bits per heavy atom. The summed E-state index contributed by atoms with van der Waals surface area (Å²) in [4.78, 5) is 0. The molecule has 106 valence electrons. The van der Waals surface area contributed by atoms with Gasteiger partial charge in [0.05, 0.1) is 0 Å². The molecule has 0 bridgehead atoms. The number of hydrogen-bond acceptors (Lipinski definition) is 3. The van der Waals surface area contributed by atoms with Crippen LogP contribution in [0.1, 0.15) is 24.5 Å². The lowest BCUT2D eigenvalue weighted by atomic mass is 10.1. The molecule has 2 atom stereocenters. The number of nitrogens with one attached hydrogen (secondary N) is 1. The molecule has 2 N–H and O–H groups in total. The van der Waals surface area contributed by atoms with E-state index in [0.29, 0.717) is 19.2 Å². The van der Waals surface area contributed by atoms with Crippen LogP contribution in [-0.2, 0) is 0 Å². The highest BCUT2D eigenvalue weighted by Crippen LogP contribution is 2.19. The fraction of sp³-hybridized carbons (Fsp3) is 0.500. The molecule has 3 heteroatoms. The van der Waals surface area contributed by atoms with Gasteiger partial charge in [0.25, 0.3) is 0 Å². The summed E-state index contributed by atoms with van der Waals surface area (Å²) in [7, 11) is 0. The lowest BCUT2D eigenvalue weighted by molar-refractivity contribution is 0.104. The van der Waals surface area contributed by atoms with Gasteiger partial charge in [0, 0.05) is 12.6 Å². The van der Waals surface area contributed by atoms with Crippen molar-refractivity contribution in [2.45, 2.75) is 39.3 Å². The molecule has 0 spiro atoms. The molecule has 19 heavy (non-hydrogen) atoms. The van der Waals surface area contributed by atoms with Crippen LogP contribution < -0.4 is 10.1 Å². The smallest absolute Gasteiger partial charge is 0.122 e. The maximum atomic E-state index is 9.87. The lowest BCUT2D eigenvalue weighted by Gasteiger charge is -2.17. The van der Waals surface area contributed by atoms with E-state index in [1.165, 1.54) is 0 Å². The first-order chi connectivity index (χ1) is 9.02. The zero-order valence-corrected chi connectivity index (χ0v) is 12.1. The summed E-state index contributed by atoms with van der Waals surface area (Å²) in [6.45, 7) is 10.6. The van der Waals surface area contributed by atoms with Gasteiger partial charge in [-0.3, -0.25) is 0 Å². The highest BCUT2D eigenvalue weighted by atomic mass is 16.5. The first-order valence-electron chi connectivity index (χ1n) is 6.75. The summed E-state index contributed by atoms with van der Waals surface area (Å²) < 4.78 is 5.66. The number of aliphatic hydroxyl groups is 1. The van der Waals surface area contributed by atoms with E-state index in [1.807, 2.05) is 32.1 Å². The molecule has 0 aliphatic carbocycles. The summed E-state index contributed by atoms with van der Waals surface area (Å²) in [6, 6.07) is 6.40. The molecule has 0 radical (unpaired) electrons. The first-order valence-corrected chi connectivity index (χ1v) is 6.75. The van der Waals surface area contributed by atoms with Gasteiger partial charge in [-0.25, -0.2) is 0 Å². The summed E-state index contributed by atoms with van der Waals surface area (Å²) in [5.74, 6) is 0.846. The Kier molecular flexibility index (Phi) is 6.60. The molecule has 0 amide bonds. The van der Waals surface area contributed by atoms with E-state index in [-0.39, 0.29) is 0 Å². The average molecular weight is 263 g/mol. The van der Waals surface area contributed by atoms with Gasteiger partial charge >= 0.3 is 0 Å². The second-order valence-electron chi connectivity index (χ2n) is 5.07. The third kappa shape index (κ3) is 5.90. The molecule has 0 fully saturated rings. The van der Waals surface area contributed by atoms with Gasteiger partial charge in [-0.05, 0) is 44.4 Å². The fourth-order valence-electron chi connectivity index (χ4n) is 1.78. The van der Waals surface area contributed by atoms with Gasteiger partial charge in [-0.2, -0.15) is 0 Å².